The van der Waals surface area contributed by atoms with Crippen molar-refractivity contribution in [3.05, 3.63) is 71.3 Å². The molecule has 2 N–H and O–H groups in total. The van der Waals surface area contributed by atoms with Crippen LogP contribution in [0.4, 0.5) is 0 Å². The summed E-state index contributed by atoms with van der Waals surface area (Å²) in [5.41, 5.74) is 4.76. The second-order valence-electron chi connectivity index (χ2n) is 7.82. The zero-order chi connectivity index (χ0) is 23.8. The first-order chi connectivity index (χ1) is 16.6. The molecule has 4 rings (SSSR count). The number of hydrogen-bond acceptors (Lipinski definition) is 7. The van der Waals surface area contributed by atoms with E-state index in [-0.39, 0.29) is 17.9 Å². The van der Waals surface area contributed by atoms with E-state index < -0.39 is 6.29 Å². The van der Waals surface area contributed by atoms with Crippen molar-refractivity contribution < 1.29 is 23.9 Å². The van der Waals surface area contributed by atoms with E-state index in [0.717, 1.165) is 41.9 Å². The number of ether oxygens (including phenoxy) is 2. The van der Waals surface area contributed by atoms with Gasteiger partial charge in [-0.15, -0.1) is 0 Å². The van der Waals surface area contributed by atoms with Gasteiger partial charge in [-0.2, -0.15) is 0 Å². The van der Waals surface area contributed by atoms with Gasteiger partial charge in [-0.25, -0.2) is 10.3 Å². The molecule has 8 nitrogen and oxygen atoms in total. The van der Waals surface area contributed by atoms with Gasteiger partial charge in [-0.1, -0.05) is 36.0 Å². The van der Waals surface area contributed by atoms with Crippen LogP contribution < -0.4 is 15.5 Å². The Labute approximate surface area is 202 Å². The highest BCUT2D eigenvalue weighted by Gasteiger charge is 2.21. The van der Waals surface area contributed by atoms with Crippen LogP contribution in [0, 0.1) is 0 Å². The highest BCUT2D eigenvalue weighted by molar-refractivity contribution is 8.14. The van der Waals surface area contributed by atoms with Gasteiger partial charge in [0.15, 0.2) is 11.5 Å². The van der Waals surface area contributed by atoms with Crippen LogP contribution in [-0.4, -0.2) is 42.7 Å². The number of rotatable bonds is 7. The molecule has 9 heteroatoms. The van der Waals surface area contributed by atoms with E-state index in [1.165, 1.54) is 17.8 Å². The summed E-state index contributed by atoms with van der Waals surface area (Å²) in [5, 5.41) is 3.42. The van der Waals surface area contributed by atoms with Crippen molar-refractivity contribution in [2.75, 3.05) is 19.5 Å². The number of hydrogen-bond donors (Lipinski definition) is 2. The van der Waals surface area contributed by atoms with Crippen molar-refractivity contribution >= 4 is 34.8 Å². The van der Waals surface area contributed by atoms with E-state index in [1.54, 1.807) is 37.5 Å². The molecule has 0 saturated carbocycles. The molecule has 2 unspecified atom stereocenters. The van der Waals surface area contributed by atoms with Crippen molar-refractivity contribution in [3.63, 3.8) is 0 Å². The van der Waals surface area contributed by atoms with Crippen LogP contribution in [0.2, 0.25) is 0 Å². The molecule has 0 radical (unpaired) electrons. The first kappa shape index (κ1) is 24.0. The number of amidine groups is 1. The molecule has 2 aromatic carbocycles. The van der Waals surface area contributed by atoms with E-state index in [1.807, 2.05) is 24.3 Å². The summed E-state index contributed by atoms with van der Waals surface area (Å²) in [4.78, 5) is 34.4. The maximum atomic E-state index is 12.3. The second-order valence-corrected chi connectivity index (χ2v) is 8.83. The molecule has 34 heavy (non-hydrogen) atoms. The Balaban J connectivity index is 1.25. The third-order valence-corrected chi connectivity index (χ3v) is 6.37. The van der Waals surface area contributed by atoms with Crippen LogP contribution >= 0.6 is 11.8 Å². The SMILES string of the molecule is COc1ccc(C2CSC(NC(=O)/C=C/c3ccc(C(=O)NOC4CCCCO4)cc3)=N2)cc1. The van der Waals surface area contributed by atoms with Crippen molar-refractivity contribution in [3.8, 4) is 5.75 Å². The Hall–Kier alpha value is -3.14. The number of nitrogens with one attached hydrogen (secondary N) is 2. The van der Waals surface area contributed by atoms with E-state index >= 15 is 0 Å². The molecule has 2 aliphatic rings. The largest absolute Gasteiger partial charge is 0.497 e. The zero-order valence-corrected chi connectivity index (χ0v) is 19.7. The topological polar surface area (TPSA) is 98.2 Å². The van der Waals surface area contributed by atoms with Crippen LogP contribution in [0.5, 0.6) is 5.75 Å². The summed E-state index contributed by atoms with van der Waals surface area (Å²) in [7, 11) is 1.63. The Morgan fingerprint density at radius 1 is 1.12 bits per heavy atom. The minimum atomic E-state index is -0.396. The van der Waals surface area contributed by atoms with Gasteiger partial charge in [0.1, 0.15) is 5.75 Å². The van der Waals surface area contributed by atoms with Gasteiger partial charge in [0, 0.05) is 30.4 Å². The molecule has 2 aliphatic heterocycles. The number of aliphatic imine (C=N–C) groups is 1. The lowest BCUT2D eigenvalue weighted by Gasteiger charge is -2.22. The average Bonchev–Trinajstić information content (AvgIpc) is 3.35. The van der Waals surface area contributed by atoms with Gasteiger partial charge in [0.25, 0.3) is 5.91 Å². The molecule has 178 valence electrons. The van der Waals surface area contributed by atoms with Gasteiger partial charge in [0.05, 0.1) is 13.2 Å². The van der Waals surface area contributed by atoms with Crippen LogP contribution in [0.3, 0.4) is 0 Å². The summed E-state index contributed by atoms with van der Waals surface area (Å²) in [6.45, 7) is 0.643. The van der Waals surface area contributed by atoms with Gasteiger partial charge in [-0.3, -0.25) is 14.6 Å². The predicted molar refractivity (Wildman–Crippen MR) is 131 cm³/mol. The molecule has 2 heterocycles. The highest BCUT2D eigenvalue weighted by atomic mass is 32.2. The second kappa shape index (κ2) is 11.8. The summed E-state index contributed by atoms with van der Waals surface area (Å²) in [6.07, 6.45) is 5.53. The molecular weight excluding hydrogens is 454 g/mol. The smallest absolute Gasteiger partial charge is 0.274 e. The number of carbonyl (C=O) groups is 2. The normalized spacial score (nSPS) is 20.1. The quantitative estimate of drug-likeness (QED) is 0.460. The first-order valence-electron chi connectivity index (χ1n) is 11.1. The lowest BCUT2D eigenvalue weighted by atomic mass is 10.1. The number of carbonyl (C=O) groups excluding carboxylic acids is 2. The Morgan fingerprint density at radius 3 is 2.62 bits per heavy atom. The fraction of sp³-hybridized carbons (Fsp3) is 0.320. The minimum Gasteiger partial charge on any atom is -0.497 e. The number of nitrogens with zero attached hydrogens (tertiary/aromatic N) is 1. The minimum absolute atomic E-state index is 0.00234. The lowest BCUT2D eigenvalue weighted by molar-refractivity contribution is -0.186. The predicted octanol–water partition coefficient (Wildman–Crippen LogP) is 3.86. The monoisotopic (exact) mass is 481 g/mol. The molecule has 1 fully saturated rings. The molecule has 0 aliphatic carbocycles. The van der Waals surface area contributed by atoms with Crippen LogP contribution in [0.15, 0.2) is 59.6 Å². The molecule has 2 amide bonds. The number of amides is 2. The molecule has 0 bridgehead atoms. The number of methoxy groups -OCH3 is 1. The van der Waals surface area contributed by atoms with Crippen molar-refractivity contribution in [2.24, 2.45) is 4.99 Å². The van der Waals surface area contributed by atoms with E-state index in [2.05, 4.69) is 15.8 Å². The summed E-state index contributed by atoms with van der Waals surface area (Å²) < 4.78 is 10.6. The average molecular weight is 482 g/mol. The van der Waals surface area contributed by atoms with E-state index in [0.29, 0.717) is 17.3 Å². The Bertz CT molecular complexity index is 1050. The third-order valence-electron chi connectivity index (χ3n) is 5.40. The van der Waals surface area contributed by atoms with E-state index in [4.69, 9.17) is 14.3 Å². The first-order valence-corrected chi connectivity index (χ1v) is 12.1. The standard InChI is InChI=1S/C25H27N3O5S/c1-31-20-12-10-18(11-13-20)21-16-34-25(26-21)27-22(29)14-7-17-5-8-19(9-6-17)24(30)28-33-23-4-2-3-15-32-23/h5-14,21,23H,2-4,15-16H2,1H3,(H,28,30)(H,26,27,29)/b14-7+. The van der Waals surface area contributed by atoms with Gasteiger partial charge >= 0.3 is 0 Å². The van der Waals surface area contributed by atoms with E-state index in [9.17, 15) is 9.59 Å². The Morgan fingerprint density at radius 2 is 1.91 bits per heavy atom. The molecule has 1 saturated heterocycles. The summed E-state index contributed by atoms with van der Waals surface area (Å²) in [5.74, 6) is 0.966. The van der Waals surface area contributed by atoms with Gasteiger partial charge in [-0.05, 0) is 54.3 Å². The maximum Gasteiger partial charge on any atom is 0.274 e. The third kappa shape index (κ3) is 6.69. The number of thioether (sulfide) groups is 1. The Kier molecular flexibility index (Phi) is 8.35. The number of benzene rings is 2. The molecule has 0 aromatic heterocycles. The maximum absolute atomic E-state index is 12.3. The fourth-order valence-electron chi connectivity index (χ4n) is 3.49. The highest BCUT2D eigenvalue weighted by Crippen LogP contribution is 2.30. The van der Waals surface area contributed by atoms with Crippen molar-refractivity contribution in [2.45, 2.75) is 31.6 Å². The zero-order valence-electron chi connectivity index (χ0n) is 18.9. The van der Waals surface area contributed by atoms with Gasteiger partial charge < -0.3 is 14.8 Å². The van der Waals surface area contributed by atoms with Crippen LogP contribution in [-0.2, 0) is 14.4 Å². The lowest BCUT2D eigenvalue weighted by Crippen LogP contribution is -2.33. The van der Waals surface area contributed by atoms with Crippen LogP contribution in [0.1, 0.15) is 46.8 Å². The summed E-state index contributed by atoms with van der Waals surface area (Å²) >= 11 is 1.51. The number of hydroxylamine groups is 1. The molecule has 2 aromatic rings. The molecule has 0 spiro atoms. The van der Waals surface area contributed by atoms with Gasteiger partial charge in [0.2, 0.25) is 5.91 Å². The van der Waals surface area contributed by atoms with Crippen molar-refractivity contribution in [1.29, 1.82) is 0 Å². The molecular formula is C25H27N3O5S. The van der Waals surface area contributed by atoms with Crippen LogP contribution in [0.25, 0.3) is 6.08 Å². The fourth-order valence-corrected chi connectivity index (χ4v) is 4.44. The molecule has 2 atom stereocenters. The summed E-state index contributed by atoms with van der Waals surface area (Å²) in [6, 6.07) is 14.7. The van der Waals surface area contributed by atoms with Crippen molar-refractivity contribution in [1.82, 2.24) is 10.8 Å².